The molecule has 34 heavy (non-hydrogen) atoms. The maximum absolute atomic E-state index is 13.5. The Kier molecular flexibility index (Phi) is 7.44. The highest BCUT2D eigenvalue weighted by Crippen LogP contribution is 2.28. The Hall–Kier alpha value is -3.03. The van der Waals surface area contributed by atoms with Gasteiger partial charge in [-0.25, -0.2) is 8.42 Å². The van der Waals surface area contributed by atoms with Gasteiger partial charge in [0.25, 0.3) is 10.0 Å². The highest BCUT2D eigenvalue weighted by Gasteiger charge is 2.28. The van der Waals surface area contributed by atoms with Crippen LogP contribution < -0.4 is 14.5 Å². The summed E-state index contributed by atoms with van der Waals surface area (Å²) >= 11 is 5.94. The number of rotatable bonds is 7. The first-order chi connectivity index (χ1) is 16.3. The van der Waals surface area contributed by atoms with Crippen LogP contribution in [0.25, 0.3) is 0 Å². The minimum absolute atomic E-state index is 0.0684. The van der Waals surface area contributed by atoms with Crippen molar-refractivity contribution in [3.05, 3.63) is 83.4 Å². The van der Waals surface area contributed by atoms with E-state index in [1.54, 1.807) is 12.1 Å². The summed E-state index contributed by atoms with van der Waals surface area (Å²) in [6.45, 7) is 3.54. The van der Waals surface area contributed by atoms with Gasteiger partial charge in [-0.15, -0.1) is 0 Å². The largest absolute Gasteiger partial charge is 0.372 e. The number of anilines is 3. The van der Waals surface area contributed by atoms with Gasteiger partial charge in [0.15, 0.2) is 0 Å². The normalized spacial score (nSPS) is 14.0. The number of carbonyl (C=O) groups excluding carboxylic acids is 1. The summed E-state index contributed by atoms with van der Waals surface area (Å²) in [6.07, 6.45) is 3.64. The molecule has 0 unspecified atom stereocenters. The second-order valence-corrected chi connectivity index (χ2v) is 10.7. The van der Waals surface area contributed by atoms with E-state index in [-0.39, 0.29) is 11.4 Å². The third-order valence-electron chi connectivity index (χ3n) is 5.95. The highest BCUT2D eigenvalue weighted by molar-refractivity contribution is 7.92. The summed E-state index contributed by atoms with van der Waals surface area (Å²) in [6, 6.07) is 20.7. The zero-order chi connectivity index (χ0) is 24.1. The third kappa shape index (κ3) is 5.54. The molecular weight excluding hydrogens is 470 g/mol. The van der Waals surface area contributed by atoms with Gasteiger partial charge < -0.3 is 10.2 Å². The van der Waals surface area contributed by atoms with Gasteiger partial charge in [0, 0.05) is 29.5 Å². The van der Waals surface area contributed by atoms with Crippen molar-refractivity contribution in [2.75, 3.05) is 34.2 Å². The lowest BCUT2D eigenvalue weighted by Gasteiger charge is -2.29. The number of hydrogen-bond acceptors (Lipinski definition) is 4. The van der Waals surface area contributed by atoms with E-state index in [1.807, 2.05) is 43.3 Å². The fourth-order valence-corrected chi connectivity index (χ4v) is 5.73. The summed E-state index contributed by atoms with van der Waals surface area (Å²) in [4.78, 5) is 15.4. The molecule has 178 valence electrons. The Morgan fingerprint density at radius 1 is 0.941 bits per heavy atom. The molecule has 0 saturated carbocycles. The van der Waals surface area contributed by atoms with Crippen LogP contribution in [0.1, 0.15) is 24.8 Å². The topological polar surface area (TPSA) is 69.7 Å². The number of nitrogens with one attached hydrogen (secondary N) is 1. The molecule has 1 aliphatic heterocycles. The first-order valence-electron chi connectivity index (χ1n) is 11.3. The van der Waals surface area contributed by atoms with Crippen molar-refractivity contribution in [1.29, 1.82) is 0 Å². The van der Waals surface area contributed by atoms with E-state index in [4.69, 9.17) is 11.6 Å². The van der Waals surface area contributed by atoms with Gasteiger partial charge in [0.1, 0.15) is 6.54 Å². The number of aryl methyl sites for hydroxylation is 1. The van der Waals surface area contributed by atoms with Crippen molar-refractivity contribution in [2.24, 2.45) is 0 Å². The minimum atomic E-state index is -3.99. The Morgan fingerprint density at radius 3 is 2.24 bits per heavy atom. The Bertz CT molecular complexity index is 1240. The lowest BCUT2D eigenvalue weighted by atomic mass is 10.1. The number of halogens is 1. The number of sulfonamides is 1. The molecule has 0 aliphatic carbocycles. The average molecular weight is 498 g/mol. The van der Waals surface area contributed by atoms with Crippen LogP contribution in [0.4, 0.5) is 17.1 Å². The first kappa shape index (κ1) is 24.1. The van der Waals surface area contributed by atoms with Gasteiger partial charge in [0.2, 0.25) is 5.91 Å². The summed E-state index contributed by atoms with van der Waals surface area (Å²) in [7, 11) is -3.99. The molecule has 1 aliphatic rings. The molecule has 3 aromatic carbocycles. The molecule has 1 heterocycles. The minimum Gasteiger partial charge on any atom is -0.372 e. The molecule has 0 atom stereocenters. The van der Waals surface area contributed by atoms with E-state index < -0.39 is 15.9 Å². The number of para-hydroxylation sites is 1. The van der Waals surface area contributed by atoms with Crippen LogP contribution in [-0.4, -0.2) is 34.0 Å². The molecule has 8 heteroatoms. The van der Waals surface area contributed by atoms with Crippen LogP contribution in [0.3, 0.4) is 0 Å². The van der Waals surface area contributed by atoms with Crippen LogP contribution in [-0.2, 0) is 14.8 Å². The number of benzene rings is 3. The van der Waals surface area contributed by atoms with Gasteiger partial charge in [-0.05, 0) is 86.3 Å². The fraction of sp³-hybridized carbons (Fsp3) is 0.269. The van der Waals surface area contributed by atoms with Gasteiger partial charge in [-0.1, -0.05) is 29.8 Å². The van der Waals surface area contributed by atoms with Crippen LogP contribution in [0.2, 0.25) is 5.02 Å². The van der Waals surface area contributed by atoms with Crippen molar-refractivity contribution in [3.8, 4) is 0 Å². The molecule has 6 nitrogen and oxygen atoms in total. The summed E-state index contributed by atoms with van der Waals surface area (Å²) in [5.74, 6) is -0.425. The molecule has 1 saturated heterocycles. The SMILES string of the molecule is Cc1ccccc1N(CC(=O)Nc1ccc(N2CCCCC2)cc1)S(=O)(=O)c1ccc(Cl)cc1. The van der Waals surface area contributed by atoms with Gasteiger partial charge >= 0.3 is 0 Å². The van der Waals surface area contributed by atoms with E-state index in [0.29, 0.717) is 16.4 Å². The van der Waals surface area contributed by atoms with Crippen molar-refractivity contribution in [1.82, 2.24) is 0 Å². The van der Waals surface area contributed by atoms with Crippen LogP contribution >= 0.6 is 11.6 Å². The quantitative estimate of drug-likeness (QED) is 0.469. The van der Waals surface area contributed by atoms with Gasteiger partial charge in [0.05, 0.1) is 10.6 Å². The van der Waals surface area contributed by atoms with Crippen LogP contribution in [0.15, 0.2) is 77.7 Å². The van der Waals surface area contributed by atoms with Crippen molar-refractivity contribution >= 4 is 44.6 Å². The lowest BCUT2D eigenvalue weighted by Crippen LogP contribution is -2.38. The maximum atomic E-state index is 13.5. The third-order valence-corrected chi connectivity index (χ3v) is 7.97. The van der Waals surface area contributed by atoms with Crippen LogP contribution in [0.5, 0.6) is 0 Å². The molecule has 1 amide bonds. The maximum Gasteiger partial charge on any atom is 0.264 e. The Labute approximate surface area is 206 Å². The second-order valence-electron chi connectivity index (χ2n) is 8.39. The highest BCUT2D eigenvalue weighted by atomic mass is 35.5. The first-order valence-corrected chi connectivity index (χ1v) is 13.2. The zero-order valence-corrected chi connectivity index (χ0v) is 20.6. The standard InChI is InChI=1S/C26H28ClN3O3S/c1-20-7-3-4-8-25(20)30(34(32,33)24-15-9-21(27)10-16-24)19-26(31)28-22-11-13-23(14-12-22)29-17-5-2-6-18-29/h3-4,7-16H,2,5-6,17-19H2,1H3,(H,28,31). The van der Waals surface area contributed by atoms with E-state index in [9.17, 15) is 13.2 Å². The molecule has 3 aromatic rings. The predicted octanol–water partition coefficient (Wildman–Crippen LogP) is 5.47. The van der Waals surface area contributed by atoms with Crippen molar-refractivity contribution in [2.45, 2.75) is 31.1 Å². The predicted molar refractivity (Wildman–Crippen MR) is 138 cm³/mol. The molecule has 1 fully saturated rings. The lowest BCUT2D eigenvalue weighted by molar-refractivity contribution is -0.114. The number of hydrogen-bond donors (Lipinski definition) is 1. The Morgan fingerprint density at radius 2 is 1.59 bits per heavy atom. The summed E-state index contributed by atoms with van der Waals surface area (Å²) < 4.78 is 28.1. The number of piperidine rings is 1. The summed E-state index contributed by atoms with van der Waals surface area (Å²) in [5.41, 5.74) is 2.95. The monoisotopic (exact) mass is 497 g/mol. The molecular formula is C26H28ClN3O3S. The molecule has 4 rings (SSSR count). The van der Waals surface area contributed by atoms with E-state index in [2.05, 4.69) is 10.2 Å². The smallest absolute Gasteiger partial charge is 0.264 e. The second kappa shape index (κ2) is 10.5. The van der Waals surface area contributed by atoms with E-state index in [0.717, 1.165) is 28.6 Å². The molecule has 0 aromatic heterocycles. The number of amides is 1. The Balaban J connectivity index is 1.55. The average Bonchev–Trinajstić information content (AvgIpc) is 2.84. The van der Waals surface area contributed by atoms with Crippen molar-refractivity contribution in [3.63, 3.8) is 0 Å². The molecule has 0 radical (unpaired) electrons. The molecule has 1 N–H and O–H groups in total. The zero-order valence-electron chi connectivity index (χ0n) is 19.1. The number of nitrogens with zero attached hydrogens (tertiary/aromatic N) is 2. The molecule has 0 bridgehead atoms. The van der Waals surface area contributed by atoms with Crippen LogP contribution in [0, 0.1) is 6.92 Å². The van der Waals surface area contributed by atoms with Gasteiger partial charge in [-0.3, -0.25) is 9.10 Å². The number of carbonyl (C=O) groups is 1. The van der Waals surface area contributed by atoms with E-state index >= 15 is 0 Å². The molecule has 0 spiro atoms. The fourth-order valence-electron chi connectivity index (χ4n) is 4.12. The van der Waals surface area contributed by atoms with E-state index in [1.165, 1.54) is 43.5 Å². The summed E-state index contributed by atoms with van der Waals surface area (Å²) in [5, 5.41) is 3.28. The van der Waals surface area contributed by atoms with Crippen molar-refractivity contribution < 1.29 is 13.2 Å². The van der Waals surface area contributed by atoms with Gasteiger partial charge in [-0.2, -0.15) is 0 Å².